The molecule has 16 heavy (non-hydrogen) atoms. The lowest BCUT2D eigenvalue weighted by atomic mass is 10.0. The Morgan fingerprint density at radius 2 is 1.88 bits per heavy atom. The molecule has 0 amide bonds. The van der Waals surface area contributed by atoms with Crippen molar-refractivity contribution in [3.63, 3.8) is 0 Å². The molecule has 0 aliphatic carbocycles. The Morgan fingerprint density at radius 3 is 2.44 bits per heavy atom. The maximum absolute atomic E-state index is 13.6. The smallest absolute Gasteiger partial charge is 0.128 e. The molecule has 0 fully saturated rings. The lowest BCUT2D eigenvalue weighted by Gasteiger charge is -2.10. The minimum atomic E-state index is -0.397. The van der Waals surface area contributed by atoms with Crippen LogP contribution >= 0.6 is 22.9 Å². The summed E-state index contributed by atoms with van der Waals surface area (Å²) in [5.41, 5.74) is 1.55. The van der Waals surface area contributed by atoms with Crippen LogP contribution in [0.2, 0.25) is 0 Å². The second-order valence-electron chi connectivity index (χ2n) is 3.75. The standard InChI is InChI=1S/C13H12ClFS/c1-8-7-11(9(2)16-8)13(14)10-5-3-4-6-12(10)15/h3-7,13H,1-2H3. The summed E-state index contributed by atoms with van der Waals surface area (Å²) in [5.74, 6) is -0.245. The van der Waals surface area contributed by atoms with E-state index in [-0.39, 0.29) is 5.82 Å². The maximum atomic E-state index is 13.6. The lowest BCUT2D eigenvalue weighted by Crippen LogP contribution is -1.96. The molecular formula is C13H12ClFS. The van der Waals surface area contributed by atoms with Gasteiger partial charge in [-0.15, -0.1) is 22.9 Å². The number of hydrogen-bond acceptors (Lipinski definition) is 1. The lowest BCUT2D eigenvalue weighted by molar-refractivity contribution is 0.612. The van der Waals surface area contributed by atoms with Gasteiger partial charge in [-0.1, -0.05) is 18.2 Å². The van der Waals surface area contributed by atoms with E-state index in [1.807, 2.05) is 26.0 Å². The van der Waals surface area contributed by atoms with Crippen molar-refractivity contribution < 1.29 is 4.39 Å². The fourth-order valence-corrected chi connectivity index (χ4v) is 3.18. The highest BCUT2D eigenvalue weighted by molar-refractivity contribution is 7.12. The minimum absolute atomic E-state index is 0.245. The second-order valence-corrected chi connectivity index (χ2v) is 5.65. The van der Waals surface area contributed by atoms with Crippen LogP contribution in [0.3, 0.4) is 0 Å². The van der Waals surface area contributed by atoms with Crippen molar-refractivity contribution >= 4 is 22.9 Å². The van der Waals surface area contributed by atoms with Gasteiger partial charge >= 0.3 is 0 Å². The summed E-state index contributed by atoms with van der Waals surface area (Å²) in [4.78, 5) is 2.36. The van der Waals surface area contributed by atoms with Crippen LogP contribution in [0.4, 0.5) is 4.39 Å². The van der Waals surface area contributed by atoms with Crippen LogP contribution in [0.5, 0.6) is 0 Å². The number of aryl methyl sites for hydroxylation is 2. The molecule has 1 unspecified atom stereocenters. The van der Waals surface area contributed by atoms with Gasteiger partial charge < -0.3 is 0 Å². The quantitative estimate of drug-likeness (QED) is 0.673. The van der Waals surface area contributed by atoms with Gasteiger partial charge in [0.05, 0.1) is 5.38 Å². The molecule has 0 nitrogen and oxygen atoms in total. The monoisotopic (exact) mass is 254 g/mol. The maximum Gasteiger partial charge on any atom is 0.128 e. The van der Waals surface area contributed by atoms with Crippen LogP contribution in [-0.2, 0) is 0 Å². The Bertz CT molecular complexity index is 504. The van der Waals surface area contributed by atoms with Crippen molar-refractivity contribution in [1.82, 2.24) is 0 Å². The molecule has 1 atom stereocenters. The molecule has 1 aromatic carbocycles. The molecule has 0 aliphatic rings. The van der Waals surface area contributed by atoms with Gasteiger partial charge in [-0.2, -0.15) is 0 Å². The number of hydrogen-bond donors (Lipinski definition) is 0. The van der Waals surface area contributed by atoms with E-state index in [4.69, 9.17) is 11.6 Å². The largest absolute Gasteiger partial charge is 0.207 e. The van der Waals surface area contributed by atoms with E-state index in [0.29, 0.717) is 5.56 Å². The SMILES string of the molecule is Cc1cc(C(Cl)c2ccccc2F)c(C)s1. The third-order valence-electron chi connectivity index (χ3n) is 2.53. The topological polar surface area (TPSA) is 0 Å². The van der Waals surface area contributed by atoms with Gasteiger partial charge in [0, 0.05) is 15.3 Å². The molecule has 1 aromatic heterocycles. The van der Waals surface area contributed by atoms with E-state index in [1.54, 1.807) is 23.5 Å². The molecule has 0 spiro atoms. The van der Waals surface area contributed by atoms with E-state index < -0.39 is 5.38 Å². The molecular weight excluding hydrogens is 243 g/mol. The Balaban J connectivity index is 2.43. The fraction of sp³-hybridized carbons (Fsp3) is 0.231. The van der Waals surface area contributed by atoms with Crippen LogP contribution in [-0.4, -0.2) is 0 Å². The van der Waals surface area contributed by atoms with Gasteiger partial charge in [0.15, 0.2) is 0 Å². The van der Waals surface area contributed by atoms with E-state index >= 15 is 0 Å². The third-order valence-corrected chi connectivity index (χ3v) is 3.98. The molecule has 2 aromatic rings. The molecule has 1 heterocycles. The number of benzene rings is 1. The molecule has 2 rings (SSSR count). The van der Waals surface area contributed by atoms with E-state index in [0.717, 1.165) is 10.4 Å². The normalized spacial score (nSPS) is 12.8. The van der Waals surface area contributed by atoms with E-state index in [1.165, 1.54) is 10.9 Å². The van der Waals surface area contributed by atoms with Crippen molar-refractivity contribution in [3.8, 4) is 0 Å². The third kappa shape index (κ3) is 2.13. The molecule has 0 saturated carbocycles. The zero-order valence-electron chi connectivity index (χ0n) is 9.13. The highest BCUT2D eigenvalue weighted by Crippen LogP contribution is 2.35. The number of halogens is 2. The Morgan fingerprint density at radius 1 is 1.19 bits per heavy atom. The Kier molecular flexibility index (Phi) is 3.31. The first-order valence-corrected chi connectivity index (χ1v) is 6.30. The summed E-state index contributed by atoms with van der Waals surface area (Å²) in [6.07, 6.45) is 0. The predicted octanol–water partition coefficient (Wildman–Crippen LogP) is 4.83. The summed E-state index contributed by atoms with van der Waals surface area (Å²) >= 11 is 8.01. The average molecular weight is 255 g/mol. The van der Waals surface area contributed by atoms with E-state index in [9.17, 15) is 4.39 Å². The van der Waals surface area contributed by atoms with Gasteiger partial charge in [-0.05, 0) is 31.5 Å². The number of alkyl halides is 1. The van der Waals surface area contributed by atoms with Crippen molar-refractivity contribution in [3.05, 3.63) is 57.0 Å². The van der Waals surface area contributed by atoms with E-state index in [2.05, 4.69) is 0 Å². The molecule has 84 valence electrons. The van der Waals surface area contributed by atoms with Crippen molar-refractivity contribution in [2.45, 2.75) is 19.2 Å². The molecule has 0 saturated heterocycles. The first-order chi connectivity index (χ1) is 7.59. The van der Waals surface area contributed by atoms with Crippen LogP contribution in [0, 0.1) is 19.7 Å². The molecule has 0 radical (unpaired) electrons. The zero-order valence-corrected chi connectivity index (χ0v) is 10.7. The highest BCUT2D eigenvalue weighted by Gasteiger charge is 2.18. The summed E-state index contributed by atoms with van der Waals surface area (Å²) in [5, 5.41) is -0.397. The molecule has 0 aliphatic heterocycles. The van der Waals surface area contributed by atoms with Crippen molar-refractivity contribution in [2.75, 3.05) is 0 Å². The first-order valence-electron chi connectivity index (χ1n) is 5.05. The van der Waals surface area contributed by atoms with Crippen LogP contribution in [0.25, 0.3) is 0 Å². The first kappa shape index (κ1) is 11.6. The number of rotatable bonds is 2. The van der Waals surface area contributed by atoms with Gasteiger partial charge in [-0.25, -0.2) is 4.39 Å². The van der Waals surface area contributed by atoms with Crippen LogP contribution < -0.4 is 0 Å². The summed E-state index contributed by atoms with van der Waals surface area (Å²) in [6.45, 7) is 4.05. The summed E-state index contributed by atoms with van der Waals surface area (Å²) < 4.78 is 13.6. The minimum Gasteiger partial charge on any atom is -0.207 e. The fourth-order valence-electron chi connectivity index (χ4n) is 1.75. The van der Waals surface area contributed by atoms with Crippen molar-refractivity contribution in [1.29, 1.82) is 0 Å². The van der Waals surface area contributed by atoms with Crippen LogP contribution in [0.15, 0.2) is 30.3 Å². The molecule has 3 heteroatoms. The van der Waals surface area contributed by atoms with Gasteiger partial charge in [-0.3, -0.25) is 0 Å². The molecule has 0 N–H and O–H groups in total. The van der Waals surface area contributed by atoms with Gasteiger partial charge in [0.25, 0.3) is 0 Å². The zero-order chi connectivity index (χ0) is 11.7. The van der Waals surface area contributed by atoms with Gasteiger partial charge in [0.2, 0.25) is 0 Å². The van der Waals surface area contributed by atoms with Crippen LogP contribution in [0.1, 0.15) is 26.3 Å². The Labute approximate surface area is 104 Å². The highest BCUT2D eigenvalue weighted by atomic mass is 35.5. The summed E-state index contributed by atoms with van der Waals surface area (Å²) in [7, 11) is 0. The molecule has 0 bridgehead atoms. The van der Waals surface area contributed by atoms with Crippen molar-refractivity contribution in [2.24, 2.45) is 0 Å². The second kappa shape index (κ2) is 4.56. The number of thiophene rings is 1. The summed E-state index contributed by atoms with van der Waals surface area (Å²) in [6, 6.07) is 8.69. The Hall–Kier alpha value is -0.860. The predicted molar refractivity (Wildman–Crippen MR) is 67.9 cm³/mol. The average Bonchev–Trinajstić information content (AvgIpc) is 2.58. The van der Waals surface area contributed by atoms with Gasteiger partial charge in [0.1, 0.15) is 5.82 Å².